The molecule has 2 aromatic carbocycles. The molecule has 4 heteroatoms. The lowest BCUT2D eigenvalue weighted by atomic mass is 9.93. The Morgan fingerprint density at radius 2 is 1.83 bits per heavy atom. The minimum Gasteiger partial charge on any atom is -0.274 e. The van der Waals surface area contributed by atoms with Gasteiger partial charge >= 0.3 is 0 Å². The van der Waals surface area contributed by atoms with E-state index in [4.69, 9.17) is 4.98 Å². The van der Waals surface area contributed by atoms with Gasteiger partial charge in [-0.05, 0) is 43.5 Å². The third kappa shape index (κ3) is 2.85. The number of anilines is 2. The normalized spacial score (nSPS) is 17.1. The first-order valence-electron chi connectivity index (χ1n) is 8.22. The van der Waals surface area contributed by atoms with Gasteiger partial charge in [0.2, 0.25) is 5.91 Å². The topological polar surface area (TPSA) is 33.2 Å². The van der Waals surface area contributed by atoms with E-state index in [1.165, 1.54) is 0 Å². The molecule has 0 N–H and O–H groups in total. The fraction of sp³-hybridized carbons (Fsp3) is 0.200. The van der Waals surface area contributed by atoms with E-state index in [1.54, 1.807) is 16.2 Å². The first-order chi connectivity index (χ1) is 11.8. The van der Waals surface area contributed by atoms with Crippen LogP contribution in [0.2, 0.25) is 0 Å². The van der Waals surface area contributed by atoms with Crippen LogP contribution in [0.5, 0.6) is 0 Å². The van der Waals surface area contributed by atoms with Gasteiger partial charge in [0.1, 0.15) is 0 Å². The monoisotopic (exact) mass is 334 g/mol. The van der Waals surface area contributed by atoms with Crippen LogP contribution in [0.3, 0.4) is 0 Å². The van der Waals surface area contributed by atoms with E-state index in [-0.39, 0.29) is 11.8 Å². The van der Waals surface area contributed by atoms with E-state index in [0.717, 1.165) is 40.3 Å². The van der Waals surface area contributed by atoms with Crippen molar-refractivity contribution in [3.63, 3.8) is 0 Å². The SMILES string of the molecule is O=C([C@H]1CC=CCC1)N(c1ccccc1)c1nc2ccccc2s1. The van der Waals surface area contributed by atoms with Crippen LogP contribution in [0, 0.1) is 5.92 Å². The van der Waals surface area contributed by atoms with Gasteiger partial charge in [-0.3, -0.25) is 9.69 Å². The maximum atomic E-state index is 13.2. The van der Waals surface area contributed by atoms with Crippen molar-refractivity contribution in [2.75, 3.05) is 4.90 Å². The molecule has 4 rings (SSSR count). The van der Waals surface area contributed by atoms with Crippen LogP contribution in [0.25, 0.3) is 10.2 Å². The van der Waals surface area contributed by atoms with Crippen LogP contribution in [0.15, 0.2) is 66.7 Å². The zero-order valence-electron chi connectivity index (χ0n) is 13.3. The van der Waals surface area contributed by atoms with E-state index in [1.807, 2.05) is 54.6 Å². The zero-order valence-corrected chi connectivity index (χ0v) is 14.1. The fourth-order valence-corrected chi connectivity index (χ4v) is 4.06. The van der Waals surface area contributed by atoms with Crippen LogP contribution in [-0.2, 0) is 4.79 Å². The molecule has 0 radical (unpaired) electrons. The van der Waals surface area contributed by atoms with E-state index >= 15 is 0 Å². The second-order valence-electron chi connectivity index (χ2n) is 5.95. The molecule has 1 amide bonds. The number of carbonyl (C=O) groups excluding carboxylic acids is 1. The molecule has 1 aliphatic rings. The highest BCUT2D eigenvalue weighted by Crippen LogP contribution is 2.35. The number of rotatable bonds is 3. The minimum absolute atomic E-state index is 0.0298. The number of allylic oxidation sites excluding steroid dienone is 2. The molecular weight excluding hydrogens is 316 g/mol. The van der Waals surface area contributed by atoms with Gasteiger partial charge < -0.3 is 0 Å². The van der Waals surface area contributed by atoms with Gasteiger partial charge in [0.25, 0.3) is 0 Å². The van der Waals surface area contributed by atoms with Crippen LogP contribution < -0.4 is 4.90 Å². The maximum absolute atomic E-state index is 13.2. The molecule has 3 nitrogen and oxygen atoms in total. The van der Waals surface area contributed by atoms with E-state index in [9.17, 15) is 4.79 Å². The number of para-hydroxylation sites is 2. The predicted molar refractivity (Wildman–Crippen MR) is 99.7 cm³/mol. The summed E-state index contributed by atoms with van der Waals surface area (Å²) in [6, 6.07) is 17.9. The second kappa shape index (κ2) is 6.57. The average Bonchev–Trinajstić information content (AvgIpc) is 3.07. The van der Waals surface area contributed by atoms with Crippen LogP contribution >= 0.6 is 11.3 Å². The molecular formula is C20H18N2OS. The van der Waals surface area contributed by atoms with Crippen LogP contribution in [-0.4, -0.2) is 10.9 Å². The highest BCUT2D eigenvalue weighted by Gasteiger charge is 2.28. The van der Waals surface area contributed by atoms with Gasteiger partial charge in [-0.1, -0.05) is 53.8 Å². The number of nitrogens with zero attached hydrogens (tertiary/aromatic N) is 2. The molecule has 3 aromatic rings. The van der Waals surface area contributed by atoms with Crippen molar-refractivity contribution in [3.8, 4) is 0 Å². The van der Waals surface area contributed by atoms with Crippen molar-refractivity contribution < 1.29 is 4.79 Å². The Hall–Kier alpha value is -2.46. The first kappa shape index (κ1) is 15.1. The highest BCUT2D eigenvalue weighted by atomic mass is 32.1. The number of hydrogen-bond donors (Lipinski definition) is 0. The number of benzene rings is 2. The Balaban J connectivity index is 1.78. The molecule has 24 heavy (non-hydrogen) atoms. The molecule has 120 valence electrons. The summed E-state index contributed by atoms with van der Waals surface area (Å²) < 4.78 is 1.10. The van der Waals surface area contributed by atoms with Crippen molar-refractivity contribution in [3.05, 3.63) is 66.7 Å². The van der Waals surface area contributed by atoms with Gasteiger partial charge in [0.15, 0.2) is 5.13 Å². The van der Waals surface area contributed by atoms with E-state index < -0.39 is 0 Å². The number of carbonyl (C=O) groups is 1. The molecule has 0 saturated carbocycles. The quantitative estimate of drug-likeness (QED) is 0.608. The lowest BCUT2D eigenvalue weighted by Crippen LogP contribution is -2.32. The summed E-state index contributed by atoms with van der Waals surface area (Å²) in [6.45, 7) is 0. The maximum Gasteiger partial charge on any atom is 0.236 e. The highest BCUT2D eigenvalue weighted by molar-refractivity contribution is 7.22. The lowest BCUT2D eigenvalue weighted by molar-refractivity contribution is -0.121. The molecule has 0 spiro atoms. The van der Waals surface area contributed by atoms with Crippen molar-refractivity contribution in [1.29, 1.82) is 0 Å². The third-order valence-electron chi connectivity index (χ3n) is 4.33. The summed E-state index contributed by atoms with van der Waals surface area (Å²) in [5.74, 6) is 0.173. The molecule has 0 aliphatic heterocycles. The molecule has 0 fully saturated rings. The summed E-state index contributed by atoms with van der Waals surface area (Å²) in [7, 11) is 0. The Kier molecular flexibility index (Phi) is 4.13. The summed E-state index contributed by atoms with van der Waals surface area (Å²) in [5, 5.41) is 0.752. The van der Waals surface area contributed by atoms with Crippen molar-refractivity contribution in [1.82, 2.24) is 4.98 Å². The van der Waals surface area contributed by atoms with Gasteiger partial charge in [0.05, 0.1) is 15.9 Å². The summed E-state index contributed by atoms with van der Waals surface area (Å²) in [4.78, 5) is 19.7. The standard InChI is InChI=1S/C20H18N2OS/c23-19(15-9-3-1-4-10-15)22(16-11-5-2-6-12-16)20-21-17-13-7-8-14-18(17)24-20/h1-3,5-8,11-15H,4,9-10H2/t15-/m0/s1. The third-order valence-corrected chi connectivity index (χ3v) is 5.35. The number of fused-ring (bicyclic) bond motifs is 1. The Bertz CT molecular complexity index is 852. The Morgan fingerprint density at radius 3 is 2.58 bits per heavy atom. The largest absolute Gasteiger partial charge is 0.274 e. The Labute approximate surface area is 145 Å². The predicted octanol–water partition coefficient (Wildman–Crippen LogP) is 5.32. The van der Waals surface area contributed by atoms with Crippen molar-refractivity contribution in [2.45, 2.75) is 19.3 Å². The molecule has 0 bridgehead atoms. The molecule has 1 aliphatic carbocycles. The van der Waals surface area contributed by atoms with E-state index in [2.05, 4.69) is 12.2 Å². The number of amides is 1. The molecule has 1 aromatic heterocycles. The van der Waals surface area contributed by atoms with Crippen molar-refractivity contribution in [2.24, 2.45) is 5.92 Å². The van der Waals surface area contributed by atoms with Gasteiger partial charge in [-0.2, -0.15) is 0 Å². The van der Waals surface area contributed by atoms with Gasteiger partial charge in [-0.15, -0.1) is 0 Å². The minimum atomic E-state index is 0.0298. The summed E-state index contributed by atoms with van der Waals surface area (Å²) in [5.41, 5.74) is 1.82. The van der Waals surface area contributed by atoms with E-state index in [0.29, 0.717) is 0 Å². The Morgan fingerprint density at radius 1 is 1.04 bits per heavy atom. The lowest BCUT2D eigenvalue weighted by Gasteiger charge is -2.26. The van der Waals surface area contributed by atoms with Gasteiger partial charge in [-0.25, -0.2) is 4.98 Å². The summed E-state index contributed by atoms with van der Waals surface area (Å²) >= 11 is 1.57. The molecule has 1 heterocycles. The average molecular weight is 334 g/mol. The zero-order chi connectivity index (χ0) is 16.4. The van der Waals surface area contributed by atoms with Crippen molar-refractivity contribution >= 4 is 38.3 Å². The second-order valence-corrected chi connectivity index (χ2v) is 6.96. The smallest absolute Gasteiger partial charge is 0.236 e. The fourth-order valence-electron chi connectivity index (χ4n) is 3.07. The van der Waals surface area contributed by atoms with Crippen LogP contribution in [0.1, 0.15) is 19.3 Å². The van der Waals surface area contributed by atoms with Gasteiger partial charge in [0, 0.05) is 5.92 Å². The first-order valence-corrected chi connectivity index (χ1v) is 9.04. The number of thiazole rings is 1. The number of hydrogen-bond acceptors (Lipinski definition) is 3. The molecule has 1 atom stereocenters. The van der Waals surface area contributed by atoms with Crippen LogP contribution in [0.4, 0.5) is 10.8 Å². The molecule has 0 saturated heterocycles. The molecule has 0 unspecified atom stereocenters. The number of aromatic nitrogens is 1. The summed E-state index contributed by atoms with van der Waals surface area (Å²) in [6.07, 6.45) is 6.97.